The number of rotatable bonds is 5. The third-order valence-electron chi connectivity index (χ3n) is 5.85. The molecule has 1 amide bonds. The summed E-state index contributed by atoms with van der Waals surface area (Å²) in [6.45, 7) is 8.20. The van der Waals surface area contributed by atoms with Crippen molar-refractivity contribution in [3.63, 3.8) is 0 Å². The fraction of sp³-hybridized carbons (Fsp3) is 0.391. The van der Waals surface area contributed by atoms with E-state index in [1.165, 1.54) is 5.56 Å². The van der Waals surface area contributed by atoms with Crippen LogP contribution >= 0.6 is 0 Å². The molecule has 5 rings (SSSR count). The minimum absolute atomic E-state index is 0.0400. The van der Waals surface area contributed by atoms with Crippen LogP contribution < -0.4 is 9.47 Å². The van der Waals surface area contributed by atoms with E-state index in [-0.39, 0.29) is 18.7 Å². The molecule has 166 valence electrons. The van der Waals surface area contributed by atoms with Crippen LogP contribution in [0.2, 0.25) is 0 Å². The van der Waals surface area contributed by atoms with Crippen molar-refractivity contribution in [3.05, 3.63) is 53.6 Å². The fourth-order valence-corrected chi connectivity index (χ4v) is 4.11. The molecule has 0 radical (unpaired) electrons. The Hall–Kier alpha value is -3.46. The van der Waals surface area contributed by atoms with Crippen LogP contribution in [0.15, 0.2) is 42.5 Å². The third-order valence-corrected chi connectivity index (χ3v) is 5.85. The molecule has 2 aliphatic rings. The van der Waals surface area contributed by atoms with E-state index >= 15 is 0 Å². The molecule has 0 saturated carbocycles. The van der Waals surface area contributed by atoms with Crippen molar-refractivity contribution in [1.82, 2.24) is 30.0 Å². The van der Waals surface area contributed by atoms with Crippen molar-refractivity contribution in [2.75, 3.05) is 33.0 Å². The number of piperazine rings is 1. The van der Waals surface area contributed by atoms with Crippen molar-refractivity contribution in [2.45, 2.75) is 26.4 Å². The van der Waals surface area contributed by atoms with Crippen LogP contribution in [-0.4, -0.2) is 68.9 Å². The maximum atomic E-state index is 13.2. The van der Waals surface area contributed by atoms with Gasteiger partial charge in [-0.05, 0) is 54.1 Å². The molecular weight excluding hydrogens is 408 g/mol. The minimum Gasteiger partial charge on any atom is -0.454 e. The smallest absolute Gasteiger partial charge is 0.253 e. The summed E-state index contributed by atoms with van der Waals surface area (Å²) in [6, 6.07) is 13.8. The molecule has 0 unspecified atom stereocenters. The number of ether oxygens (including phenoxy) is 2. The first-order valence-electron chi connectivity index (χ1n) is 10.9. The number of carbonyl (C=O) groups is 1. The van der Waals surface area contributed by atoms with Gasteiger partial charge in [0.1, 0.15) is 0 Å². The van der Waals surface area contributed by atoms with Gasteiger partial charge in [0.2, 0.25) is 6.79 Å². The summed E-state index contributed by atoms with van der Waals surface area (Å²) in [5.41, 5.74) is 2.69. The van der Waals surface area contributed by atoms with E-state index in [1.807, 2.05) is 55.1 Å². The first-order chi connectivity index (χ1) is 15.6. The van der Waals surface area contributed by atoms with Crippen LogP contribution in [0.5, 0.6) is 11.5 Å². The second kappa shape index (κ2) is 8.58. The zero-order valence-corrected chi connectivity index (χ0v) is 18.3. The number of fused-ring (bicyclic) bond motifs is 1. The maximum Gasteiger partial charge on any atom is 0.253 e. The van der Waals surface area contributed by atoms with Crippen molar-refractivity contribution in [1.29, 1.82) is 0 Å². The molecular formula is C23H26N6O3. The lowest BCUT2D eigenvalue weighted by molar-refractivity contribution is 0.0628. The molecule has 3 heterocycles. The number of benzene rings is 2. The van der Waals surface area contributed by atoms with Crippen LogP contribution in [0.1, 0.15) is 35.8 Å². The number of aromatic nitrogens is 4. The number of hydrogen-bond donors (Lipinski definition) is 0. The van der Waals surface area contributed by atoms with Crippen LogP contribution in [-0.2, 0) is 6.54 Å². The van der Waals surface area contributed by atoms with E-state index in [0.717, 1.165) is 36.7 Å². The zero-order chi connectivity index (χ0) is 22.1. The zero-order valence-electron chi connectivity index (χ0n) is 18.3. The van der Waals surface area contributed by atoms with Gasteiger partial charge in [-0.1, -0.05) is 18.2 Å². The van der Waals surface area contributed by atoms with E-state index in [2.05, 4.69) is 26.5 Å². The average Bonchev–Trinajstić information content (AvgIpc) is 3.49. The highest BCUT2D eigenvalue weighted by Crippen LogP contribution is 2.33. The average molecular weight is 435 g/mol. The van der Waals surface area contributed by atoms with Gasteiger partial charge in [-0.15, -0.1) is 5.10 Å². The Balaban J connectivity index is 1.22. The molecule has 9 heteroatoms. The van der Waals surface area contributed by atoms with Gasteiger partial charge in [-0.25, -0.2) is 4.68 Å². The fourth-order valence-electron chi connectivity index (χ4n) is 4.11. The molecule has 3 aromatic rings. The standard InChI is InChI=1S/C23H26N6O3/c1-16(2)29-22(24-25-26-29)18-4-3-5-19(13-18)23(30)28-10-8-27(9-11-28)14-17-6-7-20-21(12-17)32-15-31-20/h3-7,12-13,16H,8-11,14-15H2,1-2H3. The Morgan fingerprint density at radius 1 is 1.03 bits per heavy atom. The molecule has 0 aliphatic carbocycles. The Bertz CT molecular complexity index is 1120. The third kappa shape index (κ3) is 4.03. The van der Waals surface area contributed by atoms with Crippen LogP contribution in [0.4, 0.5) is 0 Å². The summed E-state index contributed by atoms with van der Waals surface area (Å²) in [4.78, 5) is 17.4. The van der Waals surface area contributed by atoms with Gasteiger partial charge in [0.05, 0.1) is 6.04 Å². The largest absolute Gasteiger partial charge is 0.454 e. The summed E-state index contributed by atoms with van der Waals surface area (Å²) in [5, 5.41) is 12.0. The van der Waals surface area contributed by atoms with Crippen molar-refractivity contribution < 1.29 is 14.3 Å². The summed E-state index contributed by atoms with van der Waals surface area (Å²) in [5.74, 6) is 2.31. The van der Waals surface area contributed by atoms with E-state index in [1.54, 1.807) is 4.68 Å². The van der Waals surface area contributed by atoms with Gasteiger partial charge < -0.3 is 14.4 Å². The van der Waals surface area contributed by atoms with Crippen LogP contribution in [0.25, 0.3) is 11.4 Å². The maximum absolute atomic E-state index is 13.2. The highest BCUT2D eigenvalue weighted by atomic mass is 16.7. The first-order valence-corrected chi connectivity index (χ1v) is 10.9. The molecule has 2 aromatic carbocycles. The Kier molecular flexibility index (Phi) is 5.48. The van der Waals surface area contributed by atoms with Gasteiger partial charge in [0.15, 0.2) is 17.3 Å². The van der Waals surface area contributed by atoms with Gasteiger partial charge >= 0.3 is 0 Å². The Morgan fingerprint density at radius 3 is 2.66 bits per heavy atom. The van der Waals surface area contributed by atoms with E-state index < -0.39 is 0 Å². The summed E-state index contributed by atoms with van der Waals surface area (Å²) < 4.78 is 12.6. The van der Waals surface area contributed by atoms with Gasteiger partial charge in [0.25, 0.3) is 5.91 Å². The van der Waals surface area contributed by atoms with Crippen molar-refractivity contribution in [2.24, 2.45) is 0 Å². The number of hydrogen-bond acceptors (Lipinski definition) is 7. The highest BCUT2D eigenvalue weighted by molar-refractivity contribution is 5.95. The molecule has 0 bridgehead atoms. The predicted molar refractivity (Wildman–Crippen MR) is 117 cm³/mol. The highest BCUT2D eigenvalue weighted by Gasteiger charge is 2.24. The second-order valence-corrected chi connectivity index (χ2v) is 8.38. The van der Waals surface area contributed by atoms with E-state index in [4.69, 9.17) is 9.47 Å². The first kappa shape index (κ1) is 20.4. The number of nitrogens with zero attached hydrogens (tertiary/aromatic N) is 6. The molecule has 2 aliphatic heterocycles. The summed E-state index contributed by atoms with van der Waals surface area (Å²) in [6.07, 6.45) is 0. The summed E-state index contributed by atoms with van der Waals surface area (Å²) >= 11 is 0. The van der Waals surface area contributed by atoms with Gasteiger partial charge in [0, 0.05) is 43.9 Å². The van der Waals surface area contributed by atoms with Gasteiger partial charge in [-0.2, -0.15) is 0 Å². The Labute approximate surface area is 186 Å². The molecule has 1 saturated heterocycles. The molecule has 1 fully saturated rings. The molecule has 0 N–H and O–H groups in total. The molecule has 32 heavy (non-hydrogen) atoms. The lowest BCUT2D eigenvalue weighted by Crippen LogP contribution is -2.48. The molecule has 9 nitrogen and oxygen atoms in total. The molecule has 1 aromatic heterocycles. The number of amides is 1. The molecule has 0 atom stereocenters. The predicted octanol–water partition coefficient (Wildman–Crippen LogP) is 2.61. The lowest BCUT2D eigenvalue weighted by Gasteiger charge is -2.34. The van der Waals surface area contributed by atoms with Crippen molar-refractivity contribution in [3.8, 4) is 22.9 Å². The Morgan fingerprint density at radius 2 is 1.84 bits per heavy atom. The topological polar surface area (TPSA) is 85.6 Å². The number of carbonyl (C=O) groups excluding carboxylic acids is 1. The number of tetrazole rings is 1. The SMILES string of the molecule is CC(C)n1nnnc1-c1cccc(C(=O)N2CCN(Cc3ccc4c(c3)OCO4)CC2)c1. The van der Waals surface area contributed by atoms with Crippen molar-refractivity contribution >= 4 is 5.91 Å². The van der Waals surface area contributed by atoms with Crippen LogP contribution in [0, 0.1) is 0 Å². The van der Waals surface area contributed by atoms with E-state index in [0.29, 0.717) is 24.5 Å². The minimum atomic E-state index is 0.0400. The monoisotopic (exact) mass is 434 g/mol. The molecule has 0 spiro atoms. The summed E-state index contributed by atoms with van der Waals surface area (Å²) in [7, 11) is 0. The van der Waals surface area contributed by atoms with Gasteiger partial charge in [-0.3, -0.25) is 9.69 Å². The quantitative estimate of drug-likeness (QED) is 0.610. The lowest BCUT2D eigenvalue weighted by atomic mass is 10.1. The van der Waals surface area contributed by atoms with E-state index in [9.17, 15) is 4.79 Å². The normalized spacial score (nSPS) is 16.0. The second-order valence-electron chi connectivity index (χ2n) is 8.38. The van der Waals surface area contributed by atoms with Crippen LogP contribution in [0.3, 0.4) is 0 Å².